The normalized spacial score (nSPS) is 16.5. The summed E-state index contributed by atoms with van der Waals surface area (Å²) in [5.74, 6) is 2.09. The third-order valence-corrected chi connectivity index (χ3v) is 8.83. The molecule has 2 aliphatic rings. The summed E-state index contributed by atoms with van der Waals surface area (Å²) in [6.45, 7) is 1.63. The van der Waals surface area contributed by atoms with Gasteiger partial charge in [0.15, 0.2) is 6.04 Å². The fraction of sp³-hybridized carbons (Fsp3) is 0.441. The minimum absolute atomic E-state index is 0.0794. The van der Waals surface area contributed by atoms with Crippen LogP contribution in [0.4, 0.5) is 5.69 Å². The number of hydrogen-bond donors (Lipinski definition) is 1. The van der Waals surface area contributed by atoms with Crippen molar-refractivity contribution in [2.45, 2.75) is 89.3 Å². The first-order chi connectivity index (χ1) is 21.5. The molecule has 0 radical (unpaired) electrons. The molecular weight excluding hydrogens is 556 g/mol. The summed E-state index contributed by atoms with van der Waals surface area (Å²) in [5, 5.41) is 16.0. The third kappa shape index (κ3) is 6.69. The van der Waals surface area contributed by atoms with Gasteiger partial charge in [-0.2, -0.15) is 4.80 Å². The SMILES string of the molecule is COc1ccc(-c2nnn(CC(=O)N(c3ccc(C4CCCCC4)cc3)C(C(=O)NC3CCCC3)c3ccc(C)o3)n2)cc1. The Morgan fingerprint density at radius 3 is 2.32 bits per heavy atom. The van der Waals surface area contributed by atoms with Crippen LogP contribution in [0.5, 0.6) is 5.75 Å². The van der Waals surface area contributed by atoms with E-state index in [1.807, 2.05) is 49.4 Å². The van der Waals surface area contributed by atoms with E-state index in [2.05, 4.69) is 32.9 Å². The molecule has 230 valence electrons. The molecule has 2 heterocycles. The van der Waals surface area contributed by atoms with Gasteiger partial charge in [-0.1, -0.05) is 44.2 Å². The monoisotopic (exact) mass is 596 g/mol. The standard InChI is InChI=1S/C34H40N6O4/c1-23-12-21-30(44-23)32(34(42)35-27-10-6-7-11-27)40(28-17-13-25(14-18-28)24-8-4-3-5-9-24)31(41)22-39-37-33(36-38-39)26-15-19-29(43-2)20-16-26/h12-21,24,27,32H,3-11,22H2,1-2H3,(H,35,42). The van der Waals surface area contributed by atoms with Gasteiger partial charge in [-0.05, 0) is 97.8 Å². The van der Waals surface area contributed by atoms with Crippen molar-refractivity contribution in [1.82, 2.24) is 25.5 Å². The summed E-state index contributed by atoms with van der Waals surface area (Å²) >= 11 is 0. The first-order valence-electron chi connectivity index (χ1n) is 15.7. The number of nitrogens with one attached hydrogen (secondary N) is 1. The van der Waals surface area contributed by atoms with Crippen molar-refractivity contribution in [2.24, 2.45) is 0 Å². The van der Waals surface area contributed by atoms with Gasteiger partial charge in [-0.25, -0.2) is 0 Å². The summed E-state index contributed by atoms with van der Waals surface area (Å²) in [4.78, 5) is 31.1. The Balaban J connectivity index is 1.32. The van der Waals surface area contributed by atoms with E-state index < -0.39 is 6.04 Å². The summed E-state index contributed by atoms with van der Waals surface area (Å²) in [6, 6.07) is 18.1. The predicted molar refractivity (Wildman–Crippen MR) is 166 cm³/mol. The maximum absolute atomic E-state index is 14.3. The Bertz CT molecular complexity index is 1550. The van der Waals surface area contributed by atoms with E-state index in [9.17, 15) is 9.59 Å². The van der Waals surface area contributed by atoms with Crippen molar-refractivity contribution in [3.63, 3.8) is 0 Å². The van der Waals surface area contributed by atoms with Crippen LogP contribution in [-0.4, -0.2) is 45.2 Å². The maximum Gasteiger partial charge on any atom is 0.251 e. The molecule has 44 heavy (non-hydrogen) atoms. The molecule has 2 saturated carbocycles. The van der Waals surface area contributed by atoms with Crippen LogP contribution in [0.15, 0.2) is 65.1 Å². The molecule has 2 amide bonds. The molecule has 0 bridgehead atoms. The summed E-state index contributed by atoms with van der Waals surface area (Å²) in [6.07, 6.45) is 10.1. The molecule has 2 aliphatic carbocycles. The van der Waals surface area contributed by atoms with Gasteiger partial charge in [-0.3, -0.25) is 14.5 Å². The molecule has 10 heteroatoms. The third-order valence-electron chi connectivity index (χ3n) is 8.83. The predicted octanol–water partition coefficient (Wildman–Crippen LogP) is 6.13. The van der Waals surface area contributed by atoms with E-state index in [0.717, 1.165) is 37.0 Å². The average Bonchev–Trinajstić information content (AvgIpc) is 3.84. The molecule has 2 fully saturated rings. The molecule has 6 rings (SSSR count). The topological polar surface area (TPSA) is 115 Å². The molecule has 1 N–H and O–H groups in total. The van der Waals surface area contributed by atoms with Crippen LogP contribution in [0.3, 0.4) is 0 Å². The molecular formula is C34H40N6O4. The Labute approximate surface area is 257 Å². The maximum atomic E-state index is 14.3. The smallest absolute Gasteiger partial charge is 0.251 e. The molecule has 0 saturated heterocycles. The Hall–Kier alpha value is -4.47. The van der Waals surface area contributed by atoms with Gasteiger partial charge in [0, 0.05) is 17.3 Å². The molecule has 0 spiro atoms. The van der Waals surface area contributed by atoms with Crippen LogP contribution in [0.1, 0.15) is 86.8 Å². The second kappa shape index (κ2) is 13.4. The highest BCUT2D eigenvalue weighted by atomic mass is 16.5. The van der Waals surface area contributed by atoms with Crippen molar-refractivity contribution < 1.29 is 18.7 Å². The van der Waals surface area contributed by atoms with Crippen LogP contribution in [-0.2, 0) is 16.1 Å². The Morgan fingerprint density at radius 2 is 1.66 bits per heavy atom. The summed E-state index contributed by atoms with van der Waals surface area (Å²) in [7, 11) is 1.61. The van der Waals surface area contributed by atoms with E-state index in [4.69, 9.17) is 9.15 Å². The van der Waals surface area contributed by atoms with E-state index in [1.165, 1.54) is 47.4 Å². The first-order valence-corrected chi connectivity index (χ1v) is 15.7. The van der Waals surface area contributed by atoms with E-state index in [0.29, 0.717) is 29.0 Å². The molecule has 10 nitrogen and oxygen atoms in total. The van der Waals surface area contributed by atoms with Crippen molar-refractivity contribution in [3.05, 3.63) is 77.7 Å². The highest BCUT2D eigenvalue weighted by Gasteiger charge is 2.37. The van der Waals surface area contributed by atoms with Gasteiger partial charge in [0.25, 0.3) is 11.8 Å². The second-order valence-corrected chi connectivity index (χ2v) is 11.9. The number of carbonyl (C=O) groups excluding carboxylic acids is 2. The summed E-state index contributed by atoms with van der Waals surface area (Å²) < 4.78 is 11.3. The zero-order valence-electron chi connectivity index (χ0n) is 25.4. The molecule has 0 aliphatic heterocycles. The number of tetrazole rings is 1. The zero-order valence-corrected chi connectivity index (χ0v) is 25.4. The minimum Gasteiger partial charge on any atom is -0.497 e. The Kier molecular flexibility index (Phi) is 9.04. The number of aromatic nitrogens is 4. The lowest BCUT2D eigenvalue weighted by Gasteiger charge is -2.31. The second-order valence-electron chi connectivity index (χ2n) is 11.9. The number of ether oxygens (including phenoxy) is 1. The highest BCUT2D eigenvalue weighted by Crippen LogP contribution is 2.35. The quantitative estimate of drug-likeness (QED) is 0.234. The molecule has 2 aromatic heterocycles. The molecule has 4 aromatic rings. The highest BCUT2D eigenvalue weighted by molar-refractivity contribution is 6.01. The molecule has 1 unspecified atom stereocenters. The number of amides is 2. The number of carbonyl (C=O) groups is 2. The van der Waals surface area contributed by atoms with Gasteiger partial charge < -0.3 is 14.5 Å². The lowest BCUT2D eigenvalue weighted by molar-refractivity contribution is -0.128. The van der Waals surface area contributed by atoms with Gasteiger partial charge in [0.1, 0.15) is 23.8 Å². The fourth-order valence-corrected chi connectivity index (χ4v) is 6.47. The fourth-order valence-electron chi connectivity index (χ4n) is 6.47. The minimum atomic E-state index is -0.998. The van der Waals surface area contributed by atoms with Gasteiger partial charge >= 0.3 is 0 Å². The Morgan fingerprint density at radius 1 is 0.955 bits per heavy atom. The van der Waals surface area contributed by atoms with E-state index >= 15 is 0 Å². The van der Waals surface area contributed by atoms with Gasteiger partial charge in [-0.15, -0.1) is 10.2 Å². The first kappa shape index (κ1) is 29.6. The number of hydrogen-bond acceptors (Lipinski definition) is 7. The number of aryl methyl sites for hydroxylation is 1. The number of nitrogens with zero attached hydrogens (tertiary/aromatic N) is 5. The lowest BCUT2D eigenvalue weighted by Crippen LogP contribution is -2.47. The van der Waals surface area contributed by atoms with Crippen molar-refractivity contribution in [2.75, 3.05) is 12.0 Å². The van der Waals surface area contributed by atoms with Crippen molar-refractivity contribution >= 4 is 17.5 Å². The number of anilines is 1. The van der Waals surface area contributed by atoms with Crippen LogP contribution in [0.25, 0.3) is 11.4 Å². The number of benzene rings is 2. The van der Waals surface area contributed by atoms with Crippen LogP contribution < -0.4 is 15.0 Å². The van der Waals surface area contributed by atoms with Crippen molar-refractivity contribution in [3.8, 4) is 17.1 Å². The lowest BCUT2D eigenvalue weighted by atomic mass is 9.84. The number of rotatable bonds is 10. The zero-order chi connectivity index (χ0) is 30.5. The van der Waals surface area contributed by atoms with Crippen LogP contribution in [0.2, 0.25) is 0 Å². The van der Waals surface area contributed by atoms with Gasteiger partial charge in [0.05, 0.1) is 7.11 Å². The average molecular weight is 597 g/mol. The van der Waals surface area contributed by atoms with Gasteiger partial charge in [0.2, 0.25) is 5.82 Å². The molecule has 2 aromatic carbocycles. The number of furan rings is 1. The van der Waals surface area contributed by atoms with E-state index in [-0.39, 0.29) is 24.4 Å². The largest absolute Gasteiger partial charge is 0.497 e. The van der Waals surface area contributed by atoms with Crippen LogP contribution >= 0.6 is 0 Å². The van der Waals surface area contributed by atoms with Crippen molar-refractivity contribution in [1.29, 1.82) is 0 Å². The molecule has 1 atom stereocenters. The van der Waals surface area contributed by atoms with E-state index in [1.54, 1.807) is 13.2 Å². The summed E-state index contributed by atoms with van der Waals surface area (Å²) in [5.41, 5.74) is 2.63. The number of methoxy groups -OCH3 is 1. The van der Waals surface area contributed by atoms with Crippen LogP contribution in [0, 0.1) is 6.92 Å².